The third-order valence-electron chi connectivity index (χ3n) is 4.13. The lowest BCUT2D eigenvalue weighted by Crippen LogP contribution is -2.24. The summed E-state index contributed by atoms with van der Waals surface area (Å²) in [7, 11) is 1.38. The number of pyridine rings is 1. The van der Waals surface area contributed by atoms with Crippen molar-refractivity contribution in [2.45, 2.75) is 45.3 Å². The van der Waals surface area contributed by atoms with Crippen LogP contribution in [0.3, 0.4) is 0 Å². The van der Waals surface area contributed by atoms with E-state index in [1.807, 2.05) is 6.92 Å². The molecule has 1 amide bonds. The van der Waals surface area contributed by atoms with Crippen LogP contribution in [0.25, 0.3) is 11.0 Å². The van der Waals surface area contributed by atoms with Crippen molar-refractivity contribution in [1.82, 2.24) is 20.2 Å². The van der Waals surface area contributed by atoms with Gasteiger partial charge in [-0.25, -0.2) is 9.78 Å². The highest BCUT2D eigenvalue weighted by molar-refractivity contribution is 5.80. The number of nitrogens with one attached hydrogen (secondary N) is 2. The standard InChI is InChI=1S/C17H24N4O2/c1-12-4-7-15-13(10-19-14-5-6-14)11-21(16(15)20-12)9-3-8-18-17(22)23-2/h4,7,11,14,19H,3,5-6,8-10H2,1-2H3,(H,18,22). The topological polar surface area (TPSA) is 68.2 Å². The van der Waals surface area contributed by atoms with Gasteiger partial charge in [-0.05, 0) is 43.9 Å². The van der Waals surface area contributed by atoms with E-state index in [9.17, 15) is 4.79 Å². The molecule has 1 aliphatic rings. The molecule has 6 nitrogen and oxygen atoms in total. The van der Waals surface area contributed by atoms with Crippen molar-refractivity contribution in [2.75, 3.05) is 13.7 Å². The van der Waals surface area contributed by atoms with E-state index in [4.69, 9.17) is 4.98 Å². The van der Waals surface area contributed by atoms with E-state index in [1.165, 1.54) is 30.9 Å². The van der Waals surface area contributed by atoms with Crippen LogP contribution in [0.2, 0.25) is 0 Å². The molecule has 2 heterocycles. The third-order valence-corrected chi connectivity index (χ3v) is 4.13. The predicted molar refractivity (Wildman–Crippen MR) is 89.4 cm³/mol. The maximum absolute atomic E-state index is 11.1. The Morgan fingerprint density at radius 2 is 2.26 bits per heavy atom. The Morgan fingerprint density at radius 1 is 1.43 bits per heavy atom. The zero-order chi connectivity index (χ0) is 16.2. The molecule has 2 aromatic heterocycles. The quantitative estimate of drug-likeness (QED) is 0.769. The molecule has 23 heavy (non-hydrogen) atoms. The number of rotatable bonds is 7. The van der Waals surface area contributed by atoms with Gasteiger partial charge in [0.05, 0.1) is 7.11 Å². The molecule has 0 aliphatic heterocycles. The smallest absolute Gasteiger partial charge is 0.406 e. The number of aromatic nitrogens is 2. The third kappa shape index (κ3) is 4.01. The van der Waals surface area contributed by atoms with E-state index in [0.717, 1.165) is 30.9 Å². The lowest BCUT2D eigenvalue weighted by molar-refractivity contribution is 0.171. The maximum Gasteiger partial charge on any atom is 0.406 e. The summed E-state index contributed by atoms with van der Waals surface area (Å²) in [6, 6.07) is 4.91. The number of methoxy groups -OCH3 is 1. The molecule has 0 atom stereocenters. The summed E-state index contributed by atoms with van der Waals surface area (Å²) in [5, 5.41) is 7.49. The highest BCUT2D eigenvalue weighted by Crippen LogP contribution is 2.23. The lowest BCUT2D eigenvalue weighted by atomic mass is 10.2. The fourth-order valence-electron chi connectivity index (χ4n) is 2.70. The molecular weight excluding hydrogens is 292 g/mol. The van der Waals surface area contributed by atoms with E-state index < -0.39 is 0 Å². The summed E-state index contributed by atoms with van der Waals surface area (Å²) >= 11 is 0. The largest absolute Gasteiger partial charge is 0.453 e. The molecule has 0 bridgehead atoms. The zero-order valence-electron chi connectivity index (χ0n) is 13.8. The van der Waals surface area contributed by atoms with E-state index in [1.54, 1.807) is 0 Å². The minimum Gasteiger partial charge on any atom is -0.453 e. The van der Waals surface area contributed by atoms with Crippen molar-refractivity contribution >= 4 is 17.1 Å². The van der Waals surface area contributed by atoms with Crippen molar-refractivity contribution in [1.29, 1.82) is 0 Å². The summed E-state index contributed by atoms with van der Waals surface area (Å²) in [5.41, 5.74) is 3.34. The van der Waals surface area contributed by atoms with Crippen molar-refractivity contribution in [3.05, 3.63) is 29.6 Å². The second-order valence-corrected chi connectivity index (χ2v) is 6.10. The number of carbonyl (C=O) groups excluding carboxylic acids is 1. The van der Waals surface area contributed by atoms with Gasteiger partial charge in [0.1, 0.15) is 5.65 Å². The van der Waals surface area contributed by atoms with E-state index in [2.05, 4.69) is 38.3 Å². The van der Waals surface area contributed by atoms with Gasteiger partial charge >= 0.3 is 6.09 Å². The molecule has 0 saturated heterocycles. The molecule has 0 spiro atoms. The molecule has 0 aromatic carbocycles. The number of nitrogens with zero attached hydrogens (tertiary/aromatic N) is 2. The first kappa shape index (κ1) is 15.8. The van der Waals surface area contributed by atoms with Gasteiger partial charge < -0.3 is 19.9 Å². The van der Waals surface area contributed by atoms with Gasteiger partial charge in [-0.1, -0.05) is 0 Å². The average Bonchev–Trinajstić information content (AvgIpc) is 3.32. The molecule has 6 heteroatoms. The first-order chi connectivity index (χ1) is 11.2. The fraction of sp³-hybridized carbons (Fsp3) is 0.529. The average molecular weight is 316 g/mol. The van der Waals surface area contributed by atoms with Gasteiger partial charge in [0, 0.05) is 43.0 Å². The zero-order valence-corrected chi connectivity index (χ0v) is 13.8. The van der Waals surface area contributed by atoms with E-state index in [-0.39, 0.29) is 6.09 Å². The number of hydrogen-bond donors (Lipinski definition) is 2. The normalized spacial score (nSPS) is 14.2. The van der Waals surface area contributed by atoms with Crippen LogP contribution in [0.4, 0.5) is 4.79 Å². The highest BCUT2D eigenvalue weighted by Gasteiger charge is 2.21. The summed E-state index contributed by atoms with van der Waals surface area (Å²) in [5.74, 6) is 0. The SMILES string of the molecule is COC(=O)NCCCn1cc(CNC2CC2)c2ccc(C)nc21. The summed E-state index contributed by atoms with van der Waals surface area (Å²) < 4.78 is 6.76. The monoisotopic (exact) mass is 316 g/mol. The van der Waals surface area contributed by atoms with Gasteiger partial charge in [0.15, 0.2) is 0 Å². The van der Waals surface area contributed by atoms with Crippen molar-refractivity contribution in [3.8, 4) is 0 Å². The molecule has 124 valence electrons. The number of carbonyl (C=O) groups is 1. The Kier molecular flexibility index (Phi) is 4.81. The van der Waals surface area contributed by atoms with Gasteiger partial charge in [-0.2, -0.15) is 0 Å². The number of hydrogen-bond acceptors (Lipinski definition) is 4. The Labute approximate surface area is 136 Å². The predicted octanol–water partition coefficient (Wildman–Crippen LogP) is 2.34. The second kappa shape index (κ2) is 7.00. The number of fused-ring (bicyclic) bond motifs is 1. The number of ether oxygens (including phenoxy) is 1. The van der Waals surface area contributed by atoms with Gasteiger partial charge in [-0.3, -0.25) is 0 Å². The molecule has 0 radical (unpaired) electrons. The highest BCUT2D eigenvalue weighted by atomic mass is 16.5. The summed E-state index contributed by atoms with van der Waals surface area (Å²) in [4.78, 5) is 15.8. The second-order valence-electron chi connectivity index (χ2n) is 6.10. The summed E-state index contributed by atoms with van der Waals surface area (Å²) in [6.45, 7) is 4.31. The molecule has 3 rings (SSSR count). The lowest BCUT2D eigenvalue weighted by Gasteiger charge is -2.06. The van der Waals surface area contributed by atoms with E-state index >= 15 is 0 Å². The van der Waals surface area contributed by atoms with Crippen LogP contribution in [0, 0.1) is 6.92 Å². The molecule has 1 fully saturated rings. The molecule has 1 saturated carbocycles. The van der Waals surface area contributed by atoms with Crippen LogP contribution >= 0.6 is 0 Å². The Bertz CT molecular complexity index is 691. The number of amides is 1. The van der Waals surface area contributed by atoms with Crippen LogP contribution in [0.15, 0.2) is 18.3 Å². The first-order valence-corrected chi connectivity index (χ1v) is 8.18. The molecule has 2 N–H and O–H groups in total. The summed E-state index contributed by atoms with van der Waals surface area (Å²) in [6.07, 6.45) is 5.21. The molecule has 0 unspecified atom stereocenters. The van der Waals surface area contributed by atoms with Crippen molar-refractivity contribution in [3.63, 3.8) is 0 Å². The van der Waals surface area contributed by atoms with Crippen LogP contribution in [0.1, 0.15) is 30.5 Å². The van der Waals surface area contributed by atoms with Gasteiger partial charge in [0.2, 0.25) is 0 Å². The number of aryl methyl sites for hydroxylation is 2. The minimum atomic E-state index is -0.384. The fourth-order valence-corrected chi connectivity index (χ4v) is 2.70. The molecule has 2 aromatic rings. The van der Waals surface area contributed by atoms with Crippen LogP contribution in [-0.4, -0.2) is 35.3 Å². The van der Waals surface area contributed by atoms with Crippen molar-refractivity contribution in [2.24, 2.45) is 0 Å². The minimum absolute atomic E-state index is 0.384. The number of alkyl carbamates (subject to hydrolysis) is 1. The van der Waals surface area contributed by atoms with Crippen molar-refractivity contribution < 1.29 is 9.53 Å². The Balaban J connectivity index is 1.69. The Morgan fingerprint density at radius 3 is 3.00 bits per heavy atom. The van der Waals surface area contributed by atoms with Crippen LogP contribution < -0.4 is 10.6 Å². The maximum atomic E-state index is 11.1. The molecule has 1 aliphatic carbocycles. The molecular formula is C17H24N4O2. The van der Waals surface area contributed by atoms with Gasteiger partial charge in [-0.15, -0.1) is 0 Å². The van der Waals surface area contributed by atoms with Gasteiger partial charge in [0.25, 0.3) is 0 Å². The first-order valence-electron chi connectivity index (χ1n) is 8.18. The van der Waals surface area contributed by atoms with Crippen LogP contribution in [0.5, 0.6) is 0 Å². The van der Waals surface area contributed by atoms with Crippen LogP contribution in [-0.2, 0) is 17.8 Å². The Hall–Kier alpha value is -2.08. The van der Waals surface area contributed by atoms with E-state index in [0.29, 0.717) is 12.6 Å².